The van der Waals surface area contributed by atoms with E-state index in [1.54, 1.807) is 30.7 Å². The second-order valence-corrected chi connectivity index (χ2v) is 6.09. The average Bonchev–Trinajstić information content (AvgIpc) is 3.24. The van der Waals surface area contributed by atoms with Crippen LogP contribution < -0.4 is 5.32 Å². The number of nitrogens with one attached hydrogen (secondary N) is 1. The Balaban J connectivity index is 1.92. The topological polar surface area (TPSA) is 117 Å². The molecule has 23 heavy (non-hydrogen) atoms. The van der Waals surface area contributed by atoms with Gasteiger partial charge in [-0.1, -0.05) is 16.5 Å². The lowest BCUT2D eigenvalue weighted by atomic mass is 10.3. The third-order valence-electron chi connectivity index (χ3n) is 2.78. The predicted molar refractivity (Wildman–Crippen MR) is 88.3 cm³/mol. The van der Waals surface area contributed by atoms with E-state index in [0.717, 1.165) is 17.1 Å². The molecule has 1 N–H and O–H groups in total. The van der Waals surface area contributed by atoms with Gasteiger partial charge in [-0.15, -0.1) is 0 Å². The van der Waals surface area contributed by atoms with Crippen molar-refractivity contribution in [2.24, 2.45) is 5.11 Å². The van der Waals surface area contributed by atoms with E-state index in [0.29, 0.717) is 20.6 Å². The van der Waals surface area contributed by atoms with Crippen molar-refractivity contribution in [3.8, 4) is 10.6 Å². The molecular weight excluding hydrogens is 334 g/mol. The third kappa shape index (κ3) is 3.51. The minimum absolute atomic E-state index is 0.0611. The van der Waals surface area contributed by atoms with Crippen LogP contribution in [0.3, 0.4) is 0 Å². The summed E-state index contributed by atoms with van der Waals surface area (Å²) in [7, 11) is 0. The first-order valence-corrected chi connectivity index (χ1v) is 8.00. The minimum Gasteiger partial charge on any atom is -0.311 e. The first-order valence-electron chi connectivity index (χ1n) is 6.41. The number of aromatic nitrogens is 3. The van der Waals surface area contributed by atoms with Crippen molar-refractivity contribution in [3.05, 3.63) is 57.8 Å². The zero-order valence-electron chi connectivity index (χ0n) is 11.6. The van der Waals surface area contributed by atoms with Crippen molar-refractivity contribution in [3.63, 3.8) is 0 Å². The van der Waals surface area contributed by atoms with E-state index in [9.17, 15) is 4.79 Å². The van der Waals surface area contributed by atoms with Gasteiger partial charge in [-0.05, 0) is 35.3 Å². The maximum Gasteiger partial charge on any atom is 0.268 e. The van der Waals surface area contributed by atoms with Gasteiger partial charge >= 0.3 is 0 Å². The summed E-state index contributed by atoms with van der Waals surface area (Å²) < 4.78 is 3.90. The molecule has 0 saturated carbocycles. The summed E-state index contributed by atoms with van der Waals surface area (Å²) in [5.74, 6) is -0.268. The van der Waals surface area contributed by atoms with E-state index in [1.807, 2.05) is 6.07 Å². The van der Waals surface area contributed by atoms with Gasteiger partial charge in [-0.25, -0.2) is 9.36 Å². The van der Waals surface area contributed by atoms with Crippen LogP contribution in [0.4, 0.5) is 5.00 Å². The Labute approximate surface area is 138 Å². The number of hydrogen-bond acceptors (Lipinski definition) is 7. The van der Waals surface area contributed by atoms with Crippen molar-refractivity contribution < 1.29 is 4.79 Å². The second kappa shape index (κ2) is 6.97. The molecule has 3 aromatic rings. The van der Waals surface area contributed by atoms with Crippen molar-refractivity contribution in [1.82, 2.24) is 14.3 Å². The molecule has 1 amide bonds. The Morgan fingerprint density at radius 2 is 2.30 bits per heavy atom. The van der Waals surface area contributed by atoms with E-state index in [2.05, 4.69) is 29.7 Å². The number of azide groups is 1. The standard InChI is InChI=1S/C13H9N7OS2/c14-20-16-7-9-13(19-11(21)10-3-5-17-23-10)22-12(18-9)8-2-1-4-15-6-8/h1-6H,7H2,(H,19,21). The third-order valence-corrected chi connectivity index (χ3v) is 4.59. The van der Waals surface area contributed by atoms with Crippen molar-refractivity contribution >= 4 is 33.8 Å². The molecule has 0 unspecified atom stereocenters. The molecule has 0 saturated heterocycles. The molecule has 0 bridgehead atoms. The quantitative estimate of drug-likeness (QED) is 0.431. The Morgan fingerprint density at radius 1 is 1.39 bits per heavy atom. The molecule has 0 aliphatic carbocycles. The lowest BCUT2D eigenvalue weighted by Gasteiger charge is -2.00. The summed E-state index contributed by atoms with van der Waals surface area (Å²) in [6.45, 7) is 0.0611. The summed E-state index contributed by atoms with van der Waals surface area (Å²) in [4.78, 5) is 23.9. The van der Waals surface area contributed by atoms with Crippen LogP contribution in [0.25, 0.3) is 21.0 Å². The normalized spacial score (nSPS) is 10.1. The monoisotopic (exact) mass is 343 g/mol. The fourth-order valence-electron chi connectivity index (χ4n) is 1.77. The molecule has 3 rings (SSSR count). The van der Waals surface area contributed by atoms with Crippen LogP contribution in [-0.4, -0.2) is 20.2 Å². The number of carbonyl (C=O) groups excluding carboxylic acids is 1. The van der Waals surface area contributed by atoms with Crippen LogP contribution >= 0.6 is 22.9 Å². The molecule has 0 spiro atoms. The molecule has 114 valence electrons. The molecule has 0 aliphatic rings. The number of rotatable bonds is 5. The Bertz CT molecular complexity index is 854. The average molecular weight is 343 g/mol. The zero-order valence-corrected chi connectivity index (χ0v) is 13.2. The molecule has 3 aromatic heterocycles. The number of anilines is 1. The van der Waals surface area contributed by atoms with Crippen LogP contribution in [-0.2, 0) is 6.54 Å². The van der Waals surface area contributed by atoms with Crippen LogP contribution in [0.5, 0.6) is 0 Å². The molecule has 0 radical (unpaired) electrons. The summed E-state index contributed by atoms with van der Waals surface area (Å²) in [5, 5.41) is 7.57. The molecular formula is C13H9N7OS2. The fourth-order valence-corrected chi connectivity index (χ4v) is 3.22. The molecule has 3 heterocycles. The lowest BCUT2D eigenvalue weighted by molar-refractivity contribution is 0.103. The highest BCUT2D eigenvalue weighted by Crippen LogP contribution is 2.32. The van der Waals surface area contributed by atoms with E-state index >= 15 is 0 Å². The van der Waals surface area contributed by atoms with Crippen molar-refractivity contribution in [2.45, 2.75) is 6.54 Å². The summed E-state index contributed by atoms with van der Waals surface area (Å²) in [6, 6.07) is 5.31. The van der Waals surface area contributed by atoms with Gasteiger partial charge in [0.25, 0.3) is 5.91 Å². The first kappa shape index (κ1) is 15.1. The van der Waals surface area contributed by atoms with E-state index < -0.39 is 0 Å². The number of pyridine rings is 1. The molecule has 0 atom stereocenters. The molecule has 0 aromatic carbocycles. The number of nitrogens with zero attached hydrogens (tertiary/aromatic N) is 6. The van der Waals surface area contributed by atoms with Gasteiger partial charge in [0.15, 0.2) is 0 Å². The summed E-state index contributed by atoms with van der Waals surface area (Å²) in [5.41, 5.74) is 9.85. The van der Waals surface area contributed by atoms with Crippen LogP contribution in [0.1, 0.15) is 15.4 Å². The molecule has 0 aliphatic heterocycles. The van der Waals surface area contributed by atoms with Crippen LogP contribution in [0, 0.1) is 0 Å². The highest BCUT2D eigenvalue weighted by molar-refractivity contribution is 7.19. The van der Waals surface area contributed by atoms with Crippen LogP contribution in [0.15, 0.2) is 41.9 Å². The maximum atomic E-state index is 12.2. The summed E-state index contributed by atoms with van der Waals surface area (Å²) in [6.07, 6.45) is 4.92. The fraction of sp³-hybridized carbons (Fsp3) is 0.0769. The SMILES string of the molecule is [N-]=[N+]=NCc1nc(-c2cccnc2)sc1NC(=O)c1ccns1. The number of hydrogen-bond donors (Lipinski definition) is 1. The minimum atomic E-state index is -0.268. The molecule has 8 nitrogen and oxygen atoms in total. The maximum absolute atomic E-state index is 12.2. The highest BCUT2D eigenvalue weighted by Gasteiger charge is 2.16. The predicted octanol–water partition coefficient (Wildman–Crippen LogP) is 3.72. The van der Waals surface area contributed by atoms with Gasteiger partial charge in [-0.3, -0.25) is 9.78 Å². The zero-order chi connectivity index (χ0) is 16.1. The van der Waals surface area contributed by atoms with Gasteiger partial charge < -0.3 is 5.32 Å². The van der Waals surface area contributed by atoms with Crippen molar-refractivity contribution in [2.75, 3.05) is 5.32 Å². The van der Waals surface area contributed by atoms with Crippen molar-refractivity contribution in [1.29, 1.82) is 0 Å². The molecule has 10 heteroatoms. The molecule has 0 fully saturated rings. The van der Waals surface area contributed by atoms with Gasteiger partial charge in [0.1, 0.15) is 14.9 Å². The second-order valence-electron chi connectivity index (χ2n) is 4.26. The number of amides is 1. The Hall–Kier alpha value is -2.81. The van der Waals surface area contributed by atoms with E-state index in [4.69, 9.17) is 5.53 Å². The van der Waals surface area contributed by atoms with Gasteiger partial charge in [-0.2, -0.15) is 0 Å². The first-order chi connectivity index (χ1) is 11.3. The Kier molecular flexibility index (Phi) is 4.57. The Morgan fingerprint density at radius 3 is 3.00 bits per heavy atom. The number of thiazole rings is 1. The number of carbonyl (C=O) groups is 1. The van der Waals surface area contributed by atoms with Crippen LogP contribution in [0.2, 0.25) is 0 Å². The largest absolute Gasteiger partial charge is 0.311 e. The highest BCUT2D eigenvalue weighted by atomic mass is 32.1. The van der Waals surface area contributed by atoms with Gasteiger partial charge in [0.2, 0.25) is 0 Å². The smallest absolute Gasteiger partial charge is 0.268 e. The van der Waals surface area contributed by atoms with Gasteiger partial charge in [0, 0.05) is 29.1 Å². The summed E-state index contributed by atoms with van der Waals surface area (Å²) >= 11 is 2.41. The van der Waals surface area contributed by atoms with E-state index in [-0.39, 0.29) is 12.5 Å². The lowest BCUT2D eigenvalue weighted by Crippen LogP contribution is -2.10. The van der Waals surface area contributed by atoms with Gasteiger partial charge in [0.05, 0.1) is 12.2 Å². The van der Waals surface area contributed by atoms with E-state index in [1.165, 1.54) is 11.3 Å².